The summed E-state index contributed by atoms with van der Waals surface area (Å²) in [7, 11) is 0. The van der Waals surface area contributed by atoms with Crippen molar-refractivity contribution in [1.82, 2.24) is 0 Å². The van der Waals surface area contributed by atoms with E-state index in [2.05, 4.69) is 47.8 Å². The Hall–Kier alpha value is 1.11. The van der Waals surface area contributed by atoms with E-state index in [9.17, 15) is 4.79 Å². The van der Waals surface area contributed by atoms with Gasteiger partial charge in [-0.1, -0.05) is 54.7 Å². The quantitative estimate of drug-likeness (QED) is 0.715. The number of halogens is 3. The summed E-state index contributed by atoms with van der Waals surface area (Å²) in [6, 6.07) is 0. The molecule has 0 N–H and O–H groups in total. The highest BCUT2D eigenvalue weighted by atomic mass is 79.9. The summed E-state index contributed by atoms with van der Waals surface area (Å²) in [6.07, 6.45) is 0. The fourth-order valence-electron chi connectivity index (χ4n) is 0.280. The van der Waals surface area contributed by atoms with E-state index in [1.165, 1.54) is 6.92 Å². The molecular weight excluding hydrogens is 316 g/mol. The van der Waals surface area contributed by atoms with Crippen molar-refractivity contribution in [2.45, 2.75) is 21.9 Å². The molecule has 1 nitrogen and oxygen atoms in total. The normalized spacial score (nSPS) is 15.2. The van der Waals surface area contributed by atoms with Gasteiger partial charge in [0.15, 0.2) is 9.02 Å². The molecule has 0 aromatic rings. The first-order chi connectivity index (χ1) is 3.89. The number of carbonyl (C=O) groups excluding carboxylic acids is 1. The number of hydrogen-bond donors (Lipinski definition) is 0. The Bertz CT molecular complexity index is 119. The highest BCUT2D eigenvalue weighted by Crippen LogP contribution is 2.35. The van der Waals surface area contributed by atoms with Crippen molar-refractivity contribution in [3.63, 3.8) is 0 Å². The average molecular weight is 323 g/mol. The Morgan fingerprint density at radius 2 is 1.89 bits per heavy atom. The lowest BCUT2D eigenvalue weighted by Gasteiger charge is -2.18. The second kappa shape index (κ2) is 3.49. The van der Waals surface area contributed by atoms with Crippen molar-refractivity contribution in [3.05, 3.63) is 0 Å². The van der Waals surface area contributed by atoms with Crippen LogP contribution in [0.2, 0.25) is 0 Å². The molecule has 1 atom stereocenters. The maximum Gasteiger partial charge on any atom is 0.158 e. The van der Waals surface area contributed by atoms with Crippen LogP contribution in [-0.2, 0) is 4.79 Å². The third-order valence-corrected chi connectivity index (χ3v) is 5.37. The van der Waals surface area contributed by atoms with Gasteiger partial charge in [0.2, 0.25) is 0 Å². The number of alkyl halides is 3. The van der Waals surface area contributed by atoms with Gasteiger partial charge in [-0.3, -0.25) is 4.79 Å². The van der Waals surface area contributed by atoms with Gasteiger partial charge < -0.3 is 0 Å². The van der Waals surface area contributed by atoms with Crippen LogP contribution in [0.3, 0.4) is 0 Å². The van der Waals surface area contributed by atoms with Crippen LogP contribution in [0.25, 0.3) is 0 Å². The largest absolute Gasteiger partial charge is 0.297 e. The van der Waals surface area contributed by atoms with Crippen LogP contribution in [-0.4, -0.2) is 13.8 Å². The van der Waals surface area contributed by atoms with Crippen LogP contribution in [0.1, 0.15) is 13.8 Å². The zero-order chi connectivity index (χ0) is 7.65. The van der Waals surface area contributed by atoms with Crippen molar-refractivity contribution >= 4 is 53.6 Å². The lowest BCUT2D eigenvalue weighted by molar-refractivity contribution is -0.116. The fraction of sp³-hybridized carbons (Fsp3) is 0.800. The van der Waals surface area contributed by atoms with E-state index in [0.717, 1.165) is 0 Å². The molecule has 0 fully saturated rings. The van der Waals surface area contributed by atoms with E-state index in [-0.39, 0.29) is 10.6 Å². The van der Waals surface area contributed by atoms with E-state index in [1.54, 1.807) is 0 Å². The van der Waals surface area contributed by atoms with Crippen molar-refractivity contribution in [3.8, 4) is 0 Å². The molecule has 0 radical (unpaired) electrons. The van der Waals surface area contributed by atoms with Gasteiger partial charge in [0.1, 0.15) is 0 Å². The molecule has 0 aliphatic rings. The smallest absolute Gasteiger partial charge is 0.158 e. The van der Waals surface area contributed by atoms with E-state index in [4.69, 9.17) is 0 Å². The van der Waals surface area contributed by atoms with Gasteiger partial charge in [-0.15, -0.1) is 0 Å². The molecule has 0 aliphatic heterocycles. The average Bonchev–Trinajstić information content (AvgIpc) is 1.65. The summed E-state index contributed by atoms with van der Waals surface area (Å²) in [5, 5.41) is 0. The summed E-state index contributed by atoms with van der Waals surface area (Å²) < 4.78 is -0.597. The Morgan fingerprint density at radius 1 is 1.56 bits per heavy atom. The Balaban J connectivity index is 4.19. The molecule has 1 unspecified atom stereocenters. The first kappa shape index (κ1) is 10.1. The van der Waals surface area contributed by atoms with Gasteiger partial charge in [0.25, 0.3) is 0 Å². The van der Waals surface area contributed by atoms with Gasteiger partial charge in [-0.25, -0.2) is 0 Å². The minimum atomic E-state index is -0.597. The van der Waals surface area contributed by atoms with Crippen LogP contribution in [0.15, 0.2) is 0 Å². The highest BCUT2D eigenvalue weighted by Gasteiger charge is 2.33. The summed E-state index contributed by atoms with van der Waals surface area (Å²) in [5.74, 6) is 0.0619. The van der Waals surface area contributed by atoms with Crippen molar-refractivity contribution < 1.29 is 4.79 Å². The van der Waals surface area contributed by atoms with E-state index in [0.29, 0.717) is 0 Å². The lowest BCUT2D eigenvalue weighted by Crippen LogP contribution is -2.30. The molecule has 4 heteroatoms. The number of ketones is 1. The third-order valence-electron chi connectivity index (χ3n) is 0.969. The first-order valence-electron chi connectivity index (χ1n) is 2.42. The van der Waals surface area contributed by atoms with Crippen molar-refractivity contribution in [2.24, 2.45) is 0 Å². The van der Waals surface area contributed by atoms with Gasteiger partial charge in [0.05, 0.1) is 0 Å². The Kier molecular flexibility index (Phi) is 3.92. The standard InChI is InChI=1S/C5H7Br3O/c1-3(6)5(7,8)4(2)9/h3H,1-2H3. The molecule has 0 saturated carbocycles. The predicted molar refractivity (Wildman–Crippen MR) is 49.7 cm³/mol. The second-order valence-corrected chi connectivity index (χ2v) is 6.73. The topological polar surface area (TPSA) is 17.1 Å². The van der Waals surface area contributed by atoms with Crippen LogP contribution >= 0.6 is 47.8 Å². The number of hydrogen-bond acceptors (Lipinski definition) is 1. The SMILES string of the molecule is CC(=O)C(Br)(Br)C(C)Br. The monoisotopic (exact) mass is 320 g/mol. The number of rotatable bonds is 2. The molecule has 54 valence electrons. The maximum atomic E-state index is 10.8. The zero-order valence-corrected chi connectivity index (χ0v) is 9.88. The minimum absolute atomic E-state index is 0.0619. The molecule has 0 bridgehead atoms. The lowest BCUT2D eigenvalue weighted by atomic mass is 10.2. The summed E-state index contributed by atoms with van der Waals surface area (Å²) in [6.45, 7) is 3.42. The minimum Gasteiger partial charge on any atom is -0.297 e. The molecule has 0 saturated heterocycles. The zero-order valence-electron chi connectivity index (χ0n) is 5.12. The molecule has 0 aromatic heterocycles. The van der Waals surface area contributed by atoms with Crippen molar-refractivity contribution in [2.75, 3.05) is 0 Å². The van der Waals surface area contributed by atoms with E-state index >= 15 is 0 Å². The number of carbonyl (C=O) groups is 1. The van der Waals surface area contributed by atoms with E-state index < -0.39 is 3.23 Å². The molecule has 9 heavy (non-hydrogen) atoms. The van der Waals surface area contributed by atoms with Crippen LogP contribution in [0, 0.1) is 0 Å². The molecule has 0 aromatic carbocycles. The van der Waals surface area contributed by atoms with Gasteiger partial charge in [-0.05, 0) is 6.92 Å². The van der Waals surface area contributed by atoms with E-state index in [1.807, 2.05) is 6.92 Å². The van der Waals surface area contributed by atoms with Gasteiger partial charge in [0, 0.05) is 4.83 Å². The fourth-order valence-corrected chi connectivity index (χ4v) is 0.602. The Labute approximate surface area is 80.0 Å². The molecule has 0 rings (SSSR count). The van der Waals surface area contributed by atoms with Crippen molar-refractivity contribution in [1.29, 1.82) is 0 Å². The summed E-state index contributed by atoms with van der Waals surface area (Å²) in [5.41, 5.74) is 0. The summed E-state index contributed by atoms with van der Waals surface area (Å²) in [4.78, 5) is 10.9. The maximum absolute atomic E-state index is 10.8. The third kappa shape index (κ3) is 2.68. The van der Waals surface area contributed by atoms with Gasteiger partial charge >= 0.3 is 0 Å². The molecule has 0 spiro atoms. The molecular formula is C5H7Br3O. The second-order valence-electron chi connectivity index (χ2n) is 1.80. The van der Waals surface area contributed by atoms with Crippen LogP contribution in [0.4, 0.5) is 0 Å². The predicted octanol–water partition coefficient (Wildman–Crippen LogP) is 2.84. The number of Topliss-reactive ketones (excluding diaryl/α,β-unsaturated/α-hetero) is 1. The summed E-state index contributed by atoms with van der Waals surface area (Å²) >= 11 is 9.74. The molecule has 0 heterocycles. The molecule has 0 amide bonds. The first-order valence-corrected chi connectivity index (χ1v) is 4.92. The Morgan fingerprint density at radius 3 is 1.89 bits per heavy atom. The van der Waals surface area contributed by atoms with Crippen LogP contribution < -0.4 is 0 Å². The molecule has 0 aliphatic carbocycles. The van der Waals surface area contributed by atoms with Crippen LogP contribution in [0.5, 0.6) is 0 Å². The highest BCUT2D eigenvalue weighted by molar-refractivity contribution is 9.26. The van der Waals surface area contributed by atoms with Gasteiger partial charge in [-0.2, -0.15) is 0 Å².